The first-order valence-corrected chi connectivity index (χ1v) is 4.92. The molecule has 0 aromatic rings. The van der Waals surface area contributed by atoms with Gasteiger partial charge in [0, 0.05) is 0 Å². The molecule has 0 heteroatoms. The molecule has 12 heavy (non-hydrogen) atoms. The van der Waals surface area contributed by atoms with E-state index >= 15 is 0 Å². The number of hydrogen-bond acceptors (Lipinski definition) is 0. The summed E-state index contributed by atoms with van der Waals surface area (Å²) < 4.78 is 0. The summed E-state index contributed by atoms with van der Waals surface area (Å²) >= 11 is 0. The summed E-state index contributed by atoms with van der Waals surface area (Å²) in [6, 6.07) is 0. The van der Waals surface area contributed by atoms with Gasteiger partial charge in [0.25, 0.3) is 0 Å². The second kappa shape index (κ2) is 3.93. The van der Waals surface area contributed by atoms with Crippen molar-refractivity contribution in [2.75, 3.05) is 0 Å². The number of allylic oxidation sites excluding steroid dienone is 4. The first kappa shape index (κ1) is 9.57. The van der Waals surface area contributed by atoms with Crippen LogP contribution < -0.4 is 0 Å². The van der Waals surface area contributed by atoms with Crippen LogP contribution in [0.3, 0.4) is 0 Å². The van der Waals surface area contributed by atoms with Crippen molar-refractivity contribution in [3.63, 3.8) is 0 Å². The molecule has 0 aromatic heterocycles. The average molecular weight is 164 g/mol. The summed E-state index contributed by atoms with van der Waals surface area (Å²) in [6.07, 6.45) is 13.0. The van der Waals surface area contributed by atoms with Crippen LogP contribution in [-0.4, -0.2) is 0 Å². The lowest BCUT2D eigenvalue weighted by Crippen LogP contribution is -2.17. The molecule has 1 atom stereocenters. The first-order valence-electron chi connectivity index (χ1n) is 4.92. The Morgan fingerprint density at radius 2 is 1.67 bits per heavy atom. The van der Waals surface area contributed by atoms with Gasteiger partial charge in [0.05, 0.1) is 0 Å². The molecule has 0 amide bonds. The molecule has 0 aromatic carbocycles. The fraction of sp³-hybridized carbons (Fsp3) is 0.667. The minimum atomic E-state index is 0.415. The molecule has 1 aliphatic carbocycles. The van der Waals surface area contributed by atoms with E-state index in [1.54, 1.807) is 0 Å². The van der Waals surface area contributed by atoms with E-state index in [0.29, 0.717) is 11.3 Å². The van der Waals surface area contributed by atoms with Gasteiger partial charge in [-0.25, -0.2) is 0 Å². The van der Waals surface area contributed by atoms with Gasteiger partial charge in [-0.2, -0.15) is 0 Å². The van der Waals surface area contributed by atoms with Crippen molar-refractivity contribution in [2.45, 2.75) is 40.0 Å². The van der Waals surface area contributed by atoms with E-state index in [9.17, 15) is 0 Å². The Kier molecular flexibility index (Phi) is 3.13. The third-order valence-electron chi connectivity index (χ3n) is 2.54. The molecule has 0 N–H and O–H groups in total. The summed E-state index contributed by atoms with van der Waals surface area (Å²) in [4.78, 5) is 0. The normalized spacial score (nSPS) is 27.8. The van der Waals surface area contributed by atoms with Crippen molar-refractivity contribution in [1.29, 1.82) is 0 Å². The van der Waals surface area contributed by atoms with Crippen molar-refractivity contribution in [3.05, 3.63) is 24.3 Å². The van der Waals surface area contributed by atoms with Gasteiger partial charge in [-0.15, -0.1) is 0 Å². The fourth-order valence-corrected chi connectivity index (χ4v) is 1.53. The summed E-state index contributed by atoms with van der Waals surface area (Å²) in [5.41, 5.74) is 0.415. The van der Waals surface area contributed by atoms with Gasteiger partial charge < -0.3 is 0 Å². The van der Waals surface area contributed by atoms with Crippen LogP contribution in [0.25, 0.3) is 0 Å². The Bertz CT molecular complexity index is 179. The van der Waals surface area contributed by atoms with Gasteiger partial charge in [-0.3, -0.25) is 0 Å². The highest BCUT2D eigenvalue weighted by molar-refractivity contribution is 5.01. The highest BCUT2D eigenvalue weighted by Crippen LogP contribution is 2.31. The van der Waals surface area contributed by atoms with Crippen LogP contribution in [0.5, 0.6) is 0 Å². The van der Waals surface area contributed by atoms with Crippen LogP contribution in [0, 0.1) is 11.3 Å². The SMILES string of the molecule is CC(C)(C)C1/C=C/CCC=CC1. The number of hydrogen-bond donors (Lipinski definition) is 0. The minimum Gasteiger partial charge on any atom is -0.0882 e. The van der Waals surface area contributed by atoms with Gasteiger partial charge >= 0.3 is 0 Å². The van der Waals surface area contributed by atoms with Crippen LogP contribution in [-0.2, 0) is 0 Å². The van der Waals surface area contributed by atoms with E-state index in [4.69, 9.17) is 0 Å². The van der Waals surface area contributed by atoms with E-state index in [1.165, 1.54) is 19.3 Å². The molecular weight excluding hydrogens is 144 g/mol. The quantitative estimate of drug-likeness (QED) is 0.476. The summed E-state index contributed by atoms with van der Waals surface area (Å²) in [7, 11) is 0. The predicted molar refractivity (Wildman–Crippen MR) is 55.1 cm³/mol. The Hall–Kier alpha value is -0.520. The minimum absolute atomic E-state index is 0.415. The monoisotopic (exact) mass is 164 g/mol. The summed E-state index contributed by atoms with van der Waals surface area (Å²) in [5.74, 6) is 0.717. The van der Waals surface area contributed by atoms with Crippen molar-refractivity contribution in [3.8, 4) is 0 Å². The Morgan fingerprint density at radius 3 is 2.33 bits per heavy atom. The van der Waals surface area contributed by atoms with Gasteiger partial charge in [-0.05, 0) is 30.6 Å². The van der Waals surface area contributed by atoms with Crippen LogP contribution in [0.1, 0.15) is 40.0 Å². The maximum Gasteiger partial charge on any atom is -0.0150 e. The molecule has 0 radical (unpaired) electrons. The molecule has 0 bridgehead atoms. The molecule has 1 rings (SSSR count). The molecule has 0 saturated carbocycles. The lowest BCUT2D eigenvalue weighted by molar-refractivity contribution is 0.294. The van der Waals surface area contributed by atoms with Gasteiger partial charge in [0.2, 0.25) is 0 Å². The molecule has 0 spiro atoms. The van der Waals surface area contributed by atoms with Crippen LogP contribution >= 0.6 is 0 Å². The second-order valence-corrected chi connectivity index (χ2v) is 4.69. The third-order valence-corrected chi connectivity index (χ3v) is 2.54. The molecule has 1 aliphatic rings. The fourth-order valence-electron chi connectivity index (χ4n) is 1.53. The maximum absolute atomic E-state index is 2.39. The molecular formula is C12H20. The first-order chi connectivity index (χ1) is 5.61. The van der Waals surface area contributed by atoms with Gasteiger partial charge in [0.15, 0.2) is 0 Å². The van der Waals surface area contributed by atoms with E-state index in [2.05, 4.69) is 45.1 Å². The van der Waals surface area contributed by atoms with E-state index in [1.807, 2.05) is 0 Å². The zero-order chi connectivity index (χ0) is 9.03. The van der Waals surface area contributed by atoms with E-state index in [0.717, 1.165) is 0 Å². The zero-order valence-corrected chi connectivity index (χ0v) is 8.51. The lowest BCUT2D eigenvalue weighted by Gasteiger charge is -2.27. The molecule has 0 fully saturated rings. The van der Waals surface area contributed by atoms with Crippen molar-refractivity contribution in [1.82, 2.24) is 0 Å². The standard InChI is InChI=1S/C12H20/c1-12(2,3)11-9-7-5-4-6-8-10-11/h5,7-8,10-11H,4,6,9H2,1-3H3/b7-5?,10-8+. The van der Waals surface area contributed by atoms with Crippen LogP contribution in [0.4, 0.5) is 0 Å². The molecule has 0 heterocycles. The molecule has 0 saturated heterocycles. The van der Waals surface area contributed by atoms with Gasteiger partial charge in [0.1, 0.15) is 0 Å². The van der Waals surface area contributed by atoms with Crippen molar-refractivity contribution < 1.29 is 0 Å². The molecule has 1 unspecified atom stereocenters. The third kappa shape index (κ3) is 2.84. The maximum atomic E-state index is 2.39. The highest BCUT2D eigenvalue weighted by atomic mass is 14.3. The van der Waals surface area contributed by atoms with Crippen molar-refractivity contribution in [2.24, 2.45) is 11.3 Å². The highest BCUT2D eigenvalue weighted by Gasteiger charge is 2.20. The van der Waals surface area contributed by atoms with E-state index < -0.39 is 0 Å². The Labute approximate surface area is 76.4 Å². The smallest absolute Gasteiger partial charge is 0.0150 e. The van der Waals surface area contributed by atoms with Crippen molar-refractivity contribution >= 4 is 0 Å². The second-order valence-electron chi connectivity index (χ2n) is 4.69. The largest absolute Gasteiger partial charge is 0.0882 e. The Morgan fingerprint density at radius 1 is 1.00 bits per heavy atom. The topological polar surface area (TPSA) is 0 Å². The summed E-state index contributed by atoms with van der Waals surface area (Å²) in [5, 5.41) is 0. The predicted octanol–water partition coefficient (Wildman–Crippen LogP) is 3.95. The summed E-state index contributed by atoms with van der Waals surface area (Å²) in [6.45, 7) is 6.95. The lowest BCUT2D eigenvalue weighted by atomic mass is 9.78. The van der Waals surface area contributed by atoms with E-state index in [-0.39, 0.29) is 0 Å². The zero-order valence-electron chi connectivity index (χ0n) is 8.51. The Balaban J connectivity index is 2.62. The number of rotatable bonds is 0. The average Bonchev–Trinajstić information content (AvgIpc) is 1.81. The van der Waals surface area contributed by atoms with Gasteiger partial charge in [-0.1, -0.05) is 45.1 Å². The molecule has 68 valence electrons. The molecule has 0 nitrogen and oxygen atoms in total. The molecule has 0 aliphatic heterocycles. The van der Waals surface area contributed by atoms with Crippen LogP contribution in [0.15, 0.2) is 24.3 Å². The van der Waals surface area contributed by atoms with Crippen LogP contribution in [0.2, 0.25) is 0 Å².